The van der Waals surface area contributed by atoms with Crippen LogP contribution in [0.2, 0.25) is 0 Å². The van der Waals surface area contributed by atoms with Crippen LogP contribution in [-0.2, 0) is 4.74 Å². The third-order valence-corrected chi connectivity index (χ3v) is 3.82. The Labute approximate surface area is 125 Å². The van der Waals surface area contributed by atoms with Crippen LogP contribution in [-0.4, -0.2) is 34.9 Å². The number of imidazole rings is 1. The molecule has 2 aromatic heterocycles. The maximum absolute atomic E-state index is 8.81. The quantitative estimate of drug-likeness (QED) is 0.732. The summed E-state index contributed by atoms with van der Waals surface area (Å²) < 4.78 is 6.74. The Bertz CT molecular complexity index is 752. The summed E-state index contributed by atoms with van der Waals surface area (Å²) in [4.78, 5) is 5.38. The second-order valence-corrected chi connectivity index (χ2v) is 5.33. The minimum absolute atomic E-state index is 0.637. The van der Waals surface area contributed by atoms with Gasteiger partial charge in [0.25, 0.3) is 0 Å². The van der Waals surface area contributed by atoms with Crippen LogP contribution in [0.5, 0.6) is 0 Å². The number of nitrogens with zero attached hydrogens (tertiary/aromatic N) is 4. The summed E-state index contributed by atoms with van der Waals surface area (Å²) in [6.45, 7) is 1.36. The average molecular weight is 299 g/mol. The van der Waals surface area contributed by atoms with Crippen molar-refractivity contribution in [1.82, 2.24) is 14.6 Å². The van der Waals surface area contributed by atoms with E-state index < -0.39 is 0 Å². The first-order chi connectivity index (χ1) is 10.3. The molecule has 1 N–H and O–H groups in total. The second kappa shape index (κ2) is 5.91. The van der Waals surface area contributed by atoms with Crippen molar-refractivity contribution in [2.45, 2.75) is 0 Å². The van der Waals surface area contributed by atoms with Crippen LogP contribution >= 0.6 is 11.3 Å². The van der Waals surface area contributed by atoms with Crippen LogP contribution in [0, 0.1) is 11.3 Å². The van der Waals surface area contributed by atoms with Crippen LogP contribution in [0.25, 0.3) is 16.2 Å². The molecule has 0 saturated heterocycles. The number of hydrogen-bond acceptors (Lipinski definition) is 6. The van der Waals surface area contributed by atoms with E-state index >= 15 is 0 Å². The van der Waals surface area contributed by atoms with Crippen LogP contribution in [0.1, 0.15) is 5.56 Å². The molecule has 0 radical (unpaired) electrons. The standard InChI is InChI=1S/C14H13N5OS/c1-20-7-6-16-13-18-19-9-12(17-14(19)21-13)11-4-2-10(8-15)3-5-11/h2-5,9H,6-7H2,1H3,(H,16,18). The minimum atomic E-state index is 0.637. The van der Waals surface area contributed by atoms with E-state index in [0.29, 0.717) is 12.2 Å². The summed E-state index contributed by atoms with van der Waals surface area (Å²) in [6.07, 6.45) is 1.88. The Kier molecular flexibility index (Phi) is 3.81. The predicted octanol–water partition coefficient (Wildman–Crippen LogP) is 2.39. The summed E-state index contributed by atoms with van der Waals surface area (Å²) in [5.74, 6) is 0. The molecule has 0 atom stereocenters. The zero-order valence-corrected chi connectivity index (χ0v) is 12.2. The zero-order valence-electron chi connectivity index (χ0n) is 11.4. The van der Waals surface area contributed by atoms with Gasteiger partial charge in [-0.25, -0.2) is 9.50 Å². The molecule has 0 saturated carbocycles. The predicted molar refractivity (Wildman–Crippen MR) is 81.4 cm³/mol. The van der Waals surface area contributed by atoms with E-state index in [4.69, 9.17) is 10.00 Å². The van der Waals surface area contributed by atoms with Crippen LogP contribution in [0.4, 0.5) is 5.13 Å². The number of methoxy groups -OCH3 is 1. The smallest absolute Gasteiger partial charge is 0.214 e. The Morgan fingerprint density at radius 3 is 2.86 bits per heavy atom. The third kappa shape index (κ3) is 2.86. The Morgan fingerprint density at radius 2 is 2.19 bits per heavy atom. The van der Waals surface area contributed by atoms with Crippen molar-refractivity contribution in [3.63, 3.8) is 0 Å². The molecule has 0 aliphatic rings. The monoisotopic (exact) mass is 299 g/mol. The fourth-order valence-corrected chi connectivity index (χ4v) is 2.69. The Hall–Kier alpha value is -2.43. The van der Waals surface area contributed by atoms with Gasteiger partial charge in [-0.3, -0.25) is 0 Å². The highest BCUT2D eigenvalue weighted by Crippen LogP contribution is 2.24. The number of fused-ring (bicyclic) bond motifs is 1. The molecule has 6 nitrogen and oxygen atoms in total. The molecule has 0 spiro atoms. The SMILES string of the molecule is COCCNc1nn2cc(-c3ccc(C#N)cc3)nc2s1. The van der Waals surface area contributed by atoms with Crippen molar-refractivity contribution in [3.05, 3.63) is 36.0 Å². The molecule has 0 aliphatic carbocycles. The molecule has 0 fully saturated rings. The number of aromatic nitrogens is 3. The fraction of sp³-hybridized carbons (Fsp3) is 0.214. The van der Waals surface area contributed by atoms with Gasteiger partial charge in [0.2, 0.25) is 10.1 Å². The van der Waals surface area contributed by atoms with Crippen molar-refractivity contribution < 1.29 is 4.74 Å². The largest absolute Gasteiger partial charge is 0.383 e. The lowest BCUT2D eigenvalue weighted by Gasteiger charge is -1.99. The summed E-state index contributed by atoms with van der Waals surface area (Å²) in [7, 11) is 1.67. The van der Waals surface area contributed by atoms with Gasteiger partial charge in [0, 0.05) is 19.2 Å². The molecule has 2 heterocycles. The summed E-state index contributed by atoms with van der Waals surface area (Å²) in [6, 6.07) is 9.46. The van der Waals surface area contributed by atoms with Crippen LogP contribution < -0.4 is 5.32 Å². The molecule has 106 valence electrons. The molecular weight excluding hydrogens is 286 g/mol. The van der Waals surface area contributed by atoms with Crippen LogP contribution in [0.3, 0.4) is 0 Å². The average Bonchev–Trinajstić information content (AvgIpc) is 3.06. The van der Waals surface area contributed by atoms with E-state index in [0.717, 1.165) is 27.9 Å². The summed E-state index contributed by atoms with van der Waals surface area (Å²) >= 11 is 1.49. The van der Waals surface area contributed by atoms with E-state index in [1.54, 1.807) is 23.8 Å². The lowest BCUT2D eigenvalue weighted by Crippen LogP contribution is -2.07. The highest BCUT2D eigenvalue weighted by molar-refractivity contribution is 7.20. The second-order valence-electron chi connectivity index (χ2n) is 4.37. The third-order valence-electron chi connectivity index (χ3n) is 2.94. The lowest BCUT2D eigenvalue weighted by atomic mass is 10.1. The maximum atomic E-state index is 8.81. The van der Waals surface area contributed by atoms with E-state index in [1.807, 2.05) is 18.3 Å². The number of nitriles is 1. The fourth-order valence-electron chi connectivity index (χ4n) is 1.89. The zero-order chi connectivity index (χ0) is 14.7. The van der Waals surface area contributed by atoms with Crippen molar-refractivity contribution in [3.8, 4) is 17.3 Å². The normalized spacial score (nSPS) is 10.7. The number of hydrogen-bond donors (Lipinski definition) is 1. The lowest BCUT2D eigenvalue weighted by molar-refractivity contribution is 0.210. The van der Waals surface area contributed by atoms with Crippen molar-refractivity contribution in [2.24, 2.45) is 0 Å². The first-order valence-electron chi connectivity index (χ1n) is 6.40. The van der Waals surface area contributed by atoms with E-state index in [2.05, 4.69) is 21.5 Å². The number of anilines is 1. The van der Waals surface area contributed by atoms with Crippen LogP contribution in [0.15, 0.2) is 30.5 Å². The Morgan fingerprint density at radius 1 is 1.38 bits per heavy atom. The van der Waals surface area contributed by atoms with Crippen molar-refractivity contribution >= 4 is 21.4 Å². The van der Waals surface area contributed by atoms with Gasteiger partial charge < -0.3 is 10.1 Å². The van der Waals surface area contributed by atoms with Gasteiger partial charge in [0.05, 0.1) is 30.1 Å². The molecule has 0 amide bonds. The first-order valence-corrected chi connectivity index (χ1v) is 7.21. The number of rotatable bonds is 5. The van der Waals surface area contributed by atoms with Gasteiger partial charge in [-0.05, 0) is 12.1 Å². The molecule has 0 aliphatic heterocycles. The molecule has 7 heteroatoms. The first kappa shape index (κ1) is 13.5. The highest BCUT2D eigenvalue weighted by Gasteiger charge is 2.09. The summed E-state index contributed by atoms with van der Waals surface area (Å²) in [5, 5.41) is 17.2. The molecule has 3 rings (SSSR count). The summed E-state index contributed by atoms with van der Waals surface area (Å²) in [5.41, 5.74) is 2.46. The number of ether oxygens (including phenoxy) is 1. The van der Waals surface area contributed by atoms with E-state index in [9.17, 15) is 0 Å². The van der Waals surface area contributed by atoms with Gasteiger partial charge in [0.1, 0.15) is 0 Å². The molecule has 1 aromatic carbocycles. The van der Waals surface area contributed by atoms with Gasteiger partial charge in [0.15, 0.2) is 0 Å². The molecule has 0 bridgehead atoms. The van der Waals surface area contributed by atoms with Crippen molar-refractivity contribution in [2.75, 3.05) is 25.6 Å². The van der Waals surface area contributed by atoms with Gasteiger partial charge >= 0.3 is 0 Å². The Balaban J connectivity index is 1.81. The molecule has 0 unspecified atom stereocenters. The van der Waals surface area contributed by atoms with E-state index in [-0.39, 0.29) is 0 Å². The minimum Gasteiger partial charge on any atom is -0.383 e. The number of nitrogens with one attached hydrogen (secondary N) is 1. The van der Waals surface area contributed by atoms with Gasteiger partial charge in [-0.1, -0.05) is 23.5 Å². The van der Waals surface area contributed by atoms with Gasteiger partial charge in [-0.2, -0.15) is 5.26 Å². The molecular formula is C14H13N5OS. The van der Waals surface area contributed by atoms with Gasteiger partial charge in [-0.15, -0.1) is 5.10 Å². The maximum Gasteiger partial charge on any atom is 0.214 e. The number of benzene rings is 1. The highest BCUT2D eigenvalue weighted by atomic mass is 32.1. The van der Waals surface area contributed by atoms with Crippen molar-refractivity contribution in [1.29, 1.82) is 5.26 Å². The van der Waals surface area contributed by atoms with E-state index in [1.165, 1.54) is 11.3 Å². The molecule has 21 heavy (non-hydrogen) atoms. The molecule has 3 aromatic rings. The topological polar surface area (TPSA) is 75.2 Å².